The van der Waals surface area contributed by atoms with Crippen LogP contribution >= 0.6 is 11.3 Å². The molecule has 2 aromatic heterocycles. The Hall–Kier alpha value is -5.26. The van der Waals surface area contributed by atoms with Crippen LogP contribution in [0.2, 0.25) is 0 Å². The third kappa shape index (κ3) is 8.77. The van der Waals surface area contributed by atoms with E-state index in [1.165, 1.54) is 6.07 Å². The molecule has 2 aliphatic carbocycles. The van der Waals surface area contributed by atoms with E-state index < -0.39 is 53.0 Å². The van der Waals surface area contributed by atoms with Crippen LogP contribution in [0, 0.1) is 17.3 Å². The summed E-state index contributed by atoms with van der Waals surface area (Å²) in [4.78, 5) is 76.8. The zero-order valence-corrected chi connectivity index (χ0v) is 36.7. The van der Waals surface area contributed by atoms with Gasteiger partial charge in [-0.2, -0.15) is 13.2 Å². The molecule has 338 valence electrons. The fraction of sp³-hybridized carbons (Fsp3) is 0.511. The van der Waals surface area contributed by atoms with Gasteiger partial charge in [0.2, 0.25) is 11.8 Å². The van der Waals surface area contributed by atoms with E-state index in [0.717, 1.165) is 97.7 Å². The van der Waals surface area contributed by atoms with Gasteiger partial charge in [0.25, 0.3) is 17.7 Å². The Kier molecular flexibility index (Phi) is 11.6. The van der Waals surface area contributed by atoms with Crippen LogP contribution < -0.4 is 16.0 Å². The fourth-order valence-corrected chi connectivity index (χ4v) is 11.8. The van der Waals surface area contributed by atoms with Crippen molar-refractivity contribution in [3.05, 3.63) is 81.6 Å². The number of hydrogen-bond acceptors (Lipinski definition) is 11. The van der Waals surface area contributed by atoms with Crippen LogP contribution in [0.1, 0.15) is 138 Å². The number of likely N-dealkylation sites (tertiary alicyclic amines) is 1. The lowest BCUT2D eigenvalue weighted by Crippen LogP contribution is -2.49. The molecule has 1 spiro atoms. The largest absolute Gasteiger partial charge is 0.433 e. The third-order valence-corrected chi connectivity index (χ3v) is 15.3. The lowest BCUT2D eigenvalue weighted by atomic mass is 9.57. The van der Waals surface area contributed by atoms with E-state index in [2.05, 4.69) is 25.8 Å². The van der Waals surface area contributed by atoms with Crippen molar-refractivity contribution >= 4 is 62.5 Å². The van der Waals surface area contributed by atoms with E-state index in [9.17, 15) is 42.3 Å². The number of piperidine rings is 1. The minimum atomic E-state index is -4.69. The molecule has 9 rings (SSSR count). The highest BCUT2D eigenvalue weighted by Crippen LogP contribution is 2.53. The number of alkyl halides is 3. The normalized spacial score (nSPS) is 23.2. The molecular weight excluding hydrogens is 848 g/mol. The van der Waals surface area contributed by atoms with Crippen molar-refractivity contribution in [1.29, 1.82) is 0 Å². The van der Waals surface area contributed by atoms with Crippen LogP contribution in [0.5, 0.6) is 0 Å². The number of anilines is 2. The maximum absolute atomic E-state index is 13.6. The van der Waals surface area contributed by atoms with E-state index in [1.54, 1.807) is 49.4 Å². The summed E-state index contributed by atoms with van der Waals surface area (Å²) in [5.41, 5.74) is 0.00807. The molecule has 1 atom stereocenters. The molecule has 2 saturated carbocycles. The Morgan fingerprint density at radius 3 is 2.38 bits per heavy atom. The summed E-state index contributed by atoms with van der Waals surface area (Å²) in [7, 11) is 0. The van der Waals surface area contributed by atoms with Crippen molar-refractivity contribution in [2.45, 2.75) is 108 Å². The van der Waals surface area contributed by atoms with Crippen LogP contribution in [0.4, 0.5) is 24.5 Å². The number of benzene rings is 2. The van der Waals surface area contributed by atoms with Gasteiger partial charge in [0.15, 0.2) is 0 Å². The summed E-state index contributed by atoms with van der Waals surface area (Å²) in [6.07, 6.45) is 4.92. The van der Waals surface area contributed by atoms with Gasteiger partial charge in [0.1, 0.15) is 17.4 Å². The number of nitrogens with zero attached hydrogens (tertiary/aromatic N) is 4. The first-order valence-electron chi connectivity index (χ1n) is 22.3. The first kappa shape index (κ1) is 44.0. The average Bonchev–Trinajstić information content (AvgIpc) is 3.72. The van der Waals surface area contributed by atoms with Crippen LogP contribution in [0.3, 0.4) is 0 Å². The number of thiazole rings is 1. The third-order valence-electron chi connectivity index (χ3n) is 14.1. The van der Waals surface area contributed by atoms with Gasteiger partial charge in [-0.1, -0.05) is 12.1 Å². The van der Waals surface area contributed by atoms with Crippen LogP contribution in [0.15, 0.2) is 48.5 Å². The lowest BCUT2D eigenvalue weighted by Gasteiger charge is -2.53. The van der Waals surface area contributed by atoms with Crippen molar-refractivity contribution in [3.63, 3.8) is 0 Å². The molecule has 2 aromatic carbocycles. The van der Waals surface area contributed by atoms with Gasteiger partial charge in [-0.3, -0.25) is 34.2 Å². The molecule has 0 radical (unpaired) electrons. The minimum absolute atomic E-state index is 0.180. The maximum atomic E-state index is 13.6. The van der Waals surface area contributed by atoms with Crippen molar-refractivity contribution < 1.29 is 42.3 Å². The van der Waals surface area contributed by atoms with Crippen LogP contribution in [-0.4, -0.2) is 86.6 Å². The molecule has 0 bridgehead atoms. The molecule has 2 saturated heterocycles. The smallest absolute Gasteiger partial charge is 0.386 e. The van der Waals surface area contributed by atoms with Gasteiger partial charge in [0.05, 0.1) is 32.0 Å². The molecule has 64 heavy (non-hydrogen) atoms. The number of aromatic nitrogens is 2. The standard InChI is InChI=1S/C47H52F3N7O6S/c1-45(2,63)30-20-34-36(21-33(30)53-40(59)32-8-4-10-37(52-32)47(48,49)50)64-42(54-34)28-14-12-26(13-15-28)25-56-18-16-46(17-19-56)22-27(23-46)24-51-31-7-3-6-29-39(31)44(62)57(43(29)61)35-9-5-11-38(58)55-41(35)60/h3-4,6-8,10,20-21,26-28,35,51,63H,5,9,11-19,22-25H2,1-2H3,(H,53,59)(H,55,58,60). The van der Waals surface area contributed by atoms with E-state index >= 15 is 0 Å². The molecule has 1 unspecified atom stereocenters. The summed E-state index contributed by atoms with van der Waals surface area (Å²) in [6, 6.07) is 10.8. The quantitative estimate of drug-likeness (QED) is 0.115. The number of fused-ring (bicyclic) bond motifs is 2. The summed E-state index contributed by atoms with van der Waals surface area (Å²) >= 11 is 1.55. The molecule has 3 aliphatic heterocycles. The van der Waals surface area contributed by atoms with Crippen molar-refractivity contribution in [1.82, 2.24) is 25.1 Å². The molecule has 17 heteroatoms. The number of carbonyl (C=O) groups is 5. The van der Waals surface area contributed by atoms with Crippen molar-refractivity contribution in [2.75, 3.05) is 36.8 Å². The highest BCUT2D eigenvalue weighted by atomic mass is 32.1. The first-order valence-corrected chi connectivity index (χ1v) is 23.1. The molecule has 13 nitrogen and oxygen atoms in total. The SMILES string of the molecule is CC(C)(O)c1cc2nc(C3CCC(CN4CCC5(CC4)CC(CNc4cccc6c4C(=O)N(C4CCCC(=O)NC4=O)C6=O)C5)CC3)sc2cc1NC(=O)c1cccc(C(F)(F)F)n1. The molecule has 5 heterocycles. The Morgan fingerprint density at radius 2 is 1.66 bits per heavy atom. The van der Waals surface area contributed by atoms with E-state index in [0.29, 0.717) is 64.2 Å². The van der Waals surface area contributed by atoms with Crippen molar-refractivity contribution in [2.24, 2.45) is 17.3 Å². The molecule has 5 amide bonds. The number of hydrogen-bond donors (Lipinski definition) is 4. The van der Waals surface area contributed by atoms with Crippen LogP contribution in [0.25, 0.3) is 10.2 Å². The summed E-state index contributed by atoms with van der Waals surface area (Å²) in [5.74, 6) is -1.46. The number of carbonyl (C=O) groups excluding carboxylic acids is 5. The number of halogens is 3. The predicted molar refractivity (Wildman–Crippen MR) is 234 cm³/mol. The van der Waals surface area contributed by atoms with Gasteiger partial charge < -0.3 is 20.6 Å². The summed E-state index contributed by atoms with van der Waals surface area (Å²) < 4.78 is 40.7. The summed E-state index contributed by atoms with van der Waals surface area (Å²) in [5, 5.41) is 20.5. The number of pyridine rings is 1. The topological polar surface area (TPSA) is 174 Å². The minimum Gasteiger partial charge on any atom is -0.386 e. The highest BCUT2D eigenvalue weighted by Gasteiger charge is 2.47. The van der Waals surface area contributed by atoms with Gasteiger partial charge in [-0.25, -0.2) is 9.97 Å². The van der Waals surface area contributed by atoms with Crippen LogP contribution in [-0.2, 0) is 21.4 Å². The zero-order valence-electron chi connectivity index (χ0n) is 35.9. The Balaban J connectivity index is 0.748. The van der Waals surface area contributed by atoms with Gasteiger partial charge in [-0.15, -0.1) is 11.3 Å². The maximum Gasteiger partial charge on any atom is 0.433 e. The monoisotopic (exact) mass is 899 g/mol. The van der Waals surface area contributed by atoms with E-state index in [1.807, 2.05) is 6.07 Å². The first-order chi connectivity index (χ1) is 30.4. The number of amides is 5. The second-order valence-electron chi connectivity index (χ2n) is 19.0. The fourth-order valence-electron chi connectivity index (χ4n) is 10.7. The number of imide groups is 2. The molecular formula is C47H52F3N7O6S. The predicted octanol–water partition coefficient (Wildman–Crippen LogP) is 7.86. The Labute approximate surface area is 372 Å². The second-order valence-corrected chi connectivity index (χ2v) is 20.1. The number of nitrogens with one attached hydrogen (secondary N) is 3. The molecule has 4 N–H and O–H groups in total. The second kappa shape index (κ2) is 16.9. The molecule has 4 aromatic rings. The van der Waals surface area contributed by atoms with E-state index in [-0.39, 0.29) is 24.1 Å². The van der Waals surface area contributed by atoms with Gasteiger partial charge in [0, 0.05) is 42.4 Å². The highest BCUT2D eigenvalue weighted by molar-refractivity contribution is 7.18. The number of rotatable bonds is 10. The zero-order chi connectivity index (χ0) is 45.1. The Bertz CT molecular complexity index is 2510. The number of aliphatic hydroxyl groups is 1. The molecule has 5 aliphatic rings. The average molecular weight is 900 g/mol. The molecule has 4 fully saturated rings. The lowest BCUT2D eigenvalue weighted by molar-refractivity contribution is -0.141. The van der Waals surface area contributed by atoms with E-state index in [4.69, 9.17) is 4.98 Å². The summed E-state index contributed by atoms with van der Waals surface area (Å²) in [6.45, 7) is 7.08. The van der Waals surface area contributed by atoms with Gasteiger partial charge >= 0.3 is 6.18 Å². The van der Waals surface area contributed by atoms with Crippen molar-refractivity contribution in [3.8, 4) is 0 Å². The Morgan fingerprint density at radius 1 is 0.922 bits per heavy atom. The van der Waals surface area contributed by atoms with Gasteiger partial charge in [-0.05, 0) is 145 Å².